The SMILES string of the molecule is NCCC(=O)N1CCC2CC21. The van der Waals surface area contributed by atoms with Crippen LogP contribution in [0.3, 0.4) is 0 Å². The number of likely N-dealkylation sites (tertiary alicyclic amines) is 1. The van der Waals surface area contributed by atoms with Crippen LogP contribution in [0.15, 0.2) is 0 Å². The first-order valence-corrected chi connectivity index (χ1v) is 4.32. The average molecular weight is 154 g/mol. The highest BCUT2D eigenvalue weighted by Gasteiger charge is 2.48. The monoisotopic (exact) mass is 154 g/mol. The van der Waals surface area contributed by atoms with Crippen LogP contribution in [0.5, 0.6) is 0 Å². The van der Waals surface area contributed by atoms with Crippen LogP contribution in [0.1, 0.15) is 19.3 Å². The quantitative estimate of drug-likeness (QED) is 0.606. The third kappa shape index (κ3) is 1.13. The summed E-state index contributed by atoms with van der Waals surface area (Å²) in [5, 5.41) is 0. The Morgan fingerprint density at radius 2 is 2.45 bits per heavy atom. The second kappa shape index (κ2) is 2.48. The molecule has 1 saturated heterocycles. The Morgan fingerprint density at radius 3 is 2.91 bits per heavy atom. The molecule has 0 aromatic rings. The van der Waals surface area contributed by atoms with E-state index >= 15 is 0 Å². The number of nitrogens with two attached hydrogens (primary N) is 1. The Labute approximate surface area is 66.5 Å². The fourth-order valence-electron chi connectivity index (χ4n) is 1.97. The number of amides is 1. The van der Waals surface area contributed by atoms with E-state index in [-0.39, 0.29) is 5.91 Å². The number of nitrogens with zero attached hydrogens (tertiary/aromatic N) is 1. The maximum absolute atomic E-state index is 11.3. The van der Waals surface area contributed by atoms with E-state index in [9.17, 15) is 4.79 Å². The number of fused-ring (bicyclic) bond motifs is 1. The molecule has 1 aliphatic carbocycles. The van der Waals surface area contributed by atoms with Crippen molar-refractivity contribution in [2.75, 3.05) is 13.1 Å². The molecule has 0 aromatic heterocycles. The zero-order chi connectivity index (χ0) is 7.84. The molecule has 3 heteroatoms. The van der Waals surface area contributed by atoms with Crippen molar-refractivity contribution in [3.05, 3.63) is 0 Å². The number of hydrogen-bond donors (Lipinski definition) is 1. The minimum Gasteiger partial charge on any atom is -0.339 e. The second-order valence-corrected chi connectivity index (χ2v) is 3.48. The molecular formula is C8H14N2O. The van der Waals surface area contributed by atoms with Crippen molar-refractivity contribution < 1.29 is 4.79 Å². The summed E-state index contributed by atoms with van der Waals surface area (Å²) in [6.07, 6.45) is 3.00. The van der Waals surface area contributed by atoms with Crippen molar-refractivity contribution in [2.45, 2.75) is 25.3 Å². The van der Waals surface area contributed by atoms with Gasteiger partial charge in [-0.2, -0.15) is 0 Å². The largest absolute Gasteiger partial charge is 0.339 e. The summed E-state index contributed by atoms with van der Waals surface area (Å²) in [4.78, 5) is 13.3. The lowest BCUT2D eigenvalue weighted by molar-refractivity contribution is -0.130. The molecule has 1 heterocycles. The molecule has 3 nitrogen and oxygen atoms in total. The van der Waals surface area contributed by atoms with Crippen LogP contribution in [0.2, 0.25) is 0 Å². The zero-order valence-corrected chi connectivity index (χ0v) is 6.62. The van der Waals surface area contributed by atoms with Crippen LogP contribution in [-0.2, 0) is 4.79 Å². The predicted molar refractivity (Wildman–Crippen MR) is 41.9 cm³/mol. The highest BCUT2D eigenvalue weighted by atomic mass is 16.2. The van der Waals surface area contributed by atoms with Gasteiger partial charge >= 0.3 is 0 Å². The van der Waals surface area contributed by atoms with Gasteiger partial charge in [0.2, 0.25) is 5.91 Å². The Bertz CT molecular complexity index is 181. The molecule has 1 aliphatic heterocycles. The first kappa shape index (κ1) is 7.10. The zero-order valence-electron chi connectivity index (χ0n) is 6.62. The maximum atomic E-state index is 11.3. The molecule has 1 saturated carbocycles. The molecule has 2 N–H and O–H groups in total. The van der Waals surface area contributed by atoms with Gasteiger partial charge in [-0.3, -0.25) is 4.79 Å². The van der Waals surface area contributed by atoms with Gasteiger partial charge in [0.15, 0.2) is 0 Å². The van der Waals surface area contributed by atoms with Crippen molar-refractivity contribution in [1.82, 2.24) is 4.90 Å². The fraction of sp³-hybridized carbons (Fsp3) is 0.875. The van der Waals surface area contributed by atoms with Crippen molar-refractivity contribution >= 4 is 5.91 Å². The van der Waals surface area contributed by atoms with E-state index < -0.39 is 0 Å². The summed E-state index contributed by atoms with van der Waals surface area (Å²) in [7, 11) is 0. The first-order valence-electron chi connectivity index (χ1n) is 4.32. The van der Waals surface area contributed by atoms with Gasteiger partial charge < -0.3 is 10.6 Å². The molecular weight excluding hydrogens is 140 g/mol. The van der Waals surface area contributed by atoms with Crippen molar-refractivity contribution in [2.24, 2.45) is 11.7 Å². The number of rotatable bonds is 2. The second-order valence-electron chi connectivity index (χ2n) is 3.48. The lowest BCUT2D eigenvalue weighted by atomic mass is 10.3. The Kier molecular flexibility index (Phi) is 1.60. The van der Waals surface area contributed by atoms with Gasteiger partial charge in [0, 0.05) is 25.6 Å². The van der Waals surface area contributed by atoms with E-state index in [1.54, 1.807) is 0 Å². The van der Waals surface area contributed by atoms with E-state index in [0.717, 1.165) is 12.5 Å². The summed E-state index contributed by atoms with van der Waals surface area (Å²) in [5.41, 5.74) is 5.31. The fourth-order valence-corrected chi connectivity index (χ4v) is 1.97. The normalized spacial score (nSPS) is 33.7. The lowest BCUT2D eigenvalue weighted by Gasteiger charge is -2.17. The van der Waals surface area contributed by atoms with Gasteiger partial charge in [-0.05, 0) is 18.8 Å². The lowest BCUT2D eigenvalue weighted by Crippen LogP contribution is -2.32. The summed E-state index contributed by atoms with van der Waals surface area (Å²) in [5.74, 6) is 1.11. The van der Waals surface area contributed by atoms with Gasteiger partial charge in [0.1, 0.15) is 0 Å². The first-order chi connectivity index (χ1) is 5.33. The van der Waals surface area contributed by atoms with Gasteiger partial charge in [0.05, 0.1) is 0 Å². The van der Waals surface area contributed by atoms with Crippen LogP contribution in [0, 0.1) is 5.92 Å². The van der Waals surface area contributed by atoms with Gasteiger partial charge in [-0.1, -0.05) is 0 Å². The molecule has 2 unspecified atom stereocenters. The van der Waals surface area contributed by atoms with Crippen LogP contribution in [-0.4, -0.2) is 29.9 Å². The van der Waals surface area contributed by atoms with Crippen LogP contribution < -0.4 is 5.73 Å². The molecule has 0 bridgehead atoms. The predicted octanol–water partition coefficient (Wildman–Crippen LogP) is -0.0440. The minimum atomic E-state index is 0.262. The minimum absolute atomic E-state index is 0.262. The highest BCUT2D eigenvalue weighted by molar-refractivity contribution is 5.77. The van der Waals surface area contributed by atoms with Crippen LogP contribution in [0.25, 0.3) is 0 Å². The molecule has 2 aliphatic rings. The maximum Gasteiger partial charge on any atom is 0.224 e. The molecule has 0 radical (unpaired) electrons. The molecule has 2 fully saturated rings. The van der Waals surface area contributed by atoms with Crippen molar-refractivity contribution in [3.63, 3.8) is 0 Å². The number of hydrogen-bond acceptors (Lipinski definition) is 2. The van der Waals surface area contributed by atoms with Gasteiger partial charge in [-0.15, -0.1) is 0 Å². The number of carbonyl (C=O) groups excluding carboxylic acids is 1. The van der Waals surface area contributed by atoms with Crippen molar-refractivity contribution in [1.29, 1.82) is 0 Å². The van der Waals surface area contributed by atoms with Gasteiger partial charge in [0.25, 0.3) is 0 Å². The van der Waals surface area contributed by atoms with Crippen LogP contribution >= 0.6 is 0 Å². The molecule has 62 valence electrons. The number of piperidine rings is 1. The van der Waals surface area contributed by atoms with E-state index in [1.165, 1.54) is 12.8 Å². The summed E-state index contributed by atoms with van der Waals surface area (Å²) in [6.45, 7) is 1.47. The Morgan fingerprint density at radius 1 is 1.64 bits per heavy atom. The van der Waals surface area contributed by atoms with Crippen LogP contribution in [0.4, 0.5) is 0 Å². The summed E-state index contributed by atoms with van der Waals surface area (Å²) in [6, 6.07) is 0.606. The summed E-state index contributed by atoms with van der Waals surface area (Å²) >= 11 is 0. The third-order valence-electron chi connectivity index (χ3n) is 2.70. The molecule has 1 amide bonds. The smallest absolute Gasteiger partial charge is 0.224 e. The van der Waals surface area contributed by atoms with E-state index in [4.69, 9.17) is 5.73 Å². The van der Waals surface area contributed by atoms with E-state index in [2.05, 4.69) is 0 Å². The molecule has 2 rings (SSSR count). The summed E-state index contributed by atoms with van der Waals surface area (Å²) < 4.78 is 0. The van der Waals surface area contributed by atoms with Gasteiger partial charge in [-0.25, -0.2) is 0 Å². The molecule has 0 aromatic carbocycles. The Hall–Kier alpha value is -0.570. The van der Waals surface area contributed by atoms with Crippen molar-refractivity contribution in [3.8, 4) is 0 Å². The molecule has 2 atom stereocenters. The third-order valence-corrected chi connectivity index (χ3v) is 2.70. The highest BCUT2D eigenvalue weighted by Crippen LogP contribution is 2.44. The van der Waals surface area contributed by atoms with E-state index in [1.807, 2.05) is 4.90 Å². The average Bonchev–Trinajstić information content (AvgIpc) is 2.63. The number of carbonyl (C=O) groups is 1. The molecule has 0 spiro atoms. The van der Waals surface area contributed by atoms with E-state index in [0.29, 0.717) is 19.0 Å². The Balaban J connectivity index is 1.89. The topological polar surface area (TPSA) is 46.3 Å². The molecule has 11 heavy (non-hydrogen) atoms. The standard InChI is InChI=1S/C8H14N2O/c9-3-1-8(11)10-4-2-6-5-7(6)10/h6-7H,1-5,9H2.